The highest BCUT2D eigenvalue weighted by atomic mass is 19.2. The van der Waals surface area contributed by atoms with E-state index in [4.69, 9.17) is 0 Å². The number of halogens is 3. The van der Waals surface area contributed by atoms with Gasteiger partial charge in [0.25, 0.3) is 11.5 Å². The van der Waals surface area contributed by atoms with E-state index >= 15 is 0 Å². The zero-order valence-corrected chi connectivity index (χ0v) is 21.8. The standard InChI is InChI=1S/C28H28F3N7O2/c1-2-37-8-7-23(22(31)15-37)35-26-13-33-24-6-4-17(10-25(24)36-26)11-34-27(39)19-12-32-16-38(28(19)40)14-18-3-5-20(29)21(30)9-18/h3-6,9-10,12-13,16,22-23H,2,7-8,11,14-15H2,1H3,(H,34,39)(H,35,36)/t22-,23+/m0/s1. The van der Waals surface area contributed by atoms with Crippen molar-refractivity contribution in [3.8, 4) is 0 Å². The summed E-state index contributed by atoms with van der Waals surface area (Å²) in [4.78, 5) is 40.7. The van der Waals surface area contributed by atoms with Gasteiger partial charge < -0.3 is 15.5 Å². The normalized spacial score (nSPS) is 17.6. The van der Waals surface area contributed by atoms with Crippen LogP contribution in [-0.4, -0.2) is 62.2 Å². The summed E-state index contributed by atoms with van der Waals surface area (Å²) in [5.41, 5.74) is 1.48. The van der Waals surface area contributed by atoms with Crippen LogP contribution in [0.3, 0.4) is 0 Å². The van der Waals surface area contributed by atoms with Gasteiger partial charge in [-0.05, 0) is 48.4 Å². The van der Waals surface area contributed by atoms with E-state index in [2.05, 4.69) is 30.5 Å². The summed E-state index contributed by atoms with van der Waals surface area (Å²) in [6.07, 6.45) is 3.62. The maximum Gasteiger partial charge on any atom is 0.266 e. The number of rotatable bonds is 8. The molecule has 1 fully saturated rings. The fraction of sp³-hybridized carbons (Fsp3) is 0.321. The zero-order valence-electron chi connectivity index (χ0n) is 21.8. The second kappa shape index (κ2) is 11.8. The Morgan fingerprint density at radius 1 is 1.07 bits per heavy atom. The predicted octanol–water partition coefficient (Wildman–Crippen LogP) is 3.29. The molecule has 2 aromatic heterocycles. The number of nitrogens with zero attached hydrogens (tertiary/aromatic N) is 5. The maximum atomic E-state index is 14.6. The second-order valence-corrected chi connectivity index (χ2v) is 9.70. The van der Waals surface area contributed by atoms with Crippen molar-refractivity contribution < 1.29 is 18.0 Å². The molecule has 0 bridgehead atoms. The molecule has 9 nitrogen and oxygen atoms in total. The summed E-state index contributed by atoms with van der Waals surface area (Å²) in [6.45, 7) is 4.05. The smallest absolute Gasteiger partial charge is 0.266 e. The minimum atomic E-state index is -1.03. The van der Waals surface area contributed by atoms with Crippen molar-refractivity contribution in [1.82, 2.24) is 29.7 Å². The number of anilines is 1. The lowest BCUT2D eigenvalue weighted by atomic mass is 10.0. The molecule has 0 saturated carbocycles. The third-order valence-electron chi connectivity index (χ3n) is 6.95. The molecular formula is C28H28F3N7O2. The van der Waals surface area contributed by atoms with E-state index in [-0.39, 0.29) is 24.7 Å². The van der Waals surface area contributed by atoms with E-state index in [9.17, 15) is 22.8 Å². The van der Waals surface area contributed by atoms with Gasteiger partial charge in [-0.3, -0.25) is 19.1 Å². The molecule has 2 aromatic carbocycles. The van der Waals surface area contributed by atoms with E-state index in [1.165, 1.54) is 12.4 Å². The van der Waals surface area contributed by atoms with E-state index in [1.807, 2.05) is 6.92 Å². The zero-order chi connectivity index (χ0) is 28.2. The minimum Gasteiger partial charge on any atom is -0.363 e. The summed E-state index contributed by atoms with van der Waals surface area (Å²) < 4.78 is 42.5. The maximum absolute atomic E-state index is 14.6. The Labute approximate surface area is 228 Å². The molecule has 208 valence electrons. The fourth-order valence-corrected chi connectivity index (χ4v) is 4.68. The van der Waals surface area contributed by atoms with Crippen LogP contribution in [0.25, 0.3) is 11.0 Å². The van der Waals surface area contributed by atoms with E-state index < -0.39 is 29.3 Å². The van der Waals surface area contributed by atoms with Crippen molar-refractivity contribution in [3.05, 3.63) is 93.8 Å². The molecule has 5 rings (SSSR count). The number of carbonyl (C=O) groups is 1. The van der Waals surface area contributed by atoms with Gasteiger partial charge in [0.05, 0.1) is 36.1 Å². The van der Waals surface area contributed by atoms with Crippen LogP contribution in [0.4, 0.5) is 19.0 Å². The van der Waals surface area contributed by atoms with E-state index in [0.29, 0.717) is 35.4 Å². The molecule has 4 aromatic rings. The number of aromatic nitrogens is 4. The van der Waals surface area contributed by atoms with E-state index in [0.717, 1.165) is 41.5 Å². The molecular weight excluding hydrogens is 523 g/mol. The Hall–Kier alpha value is -4.32. The van der Waals surface area contributed by atoms with Crippen molar-refractivity contribution >= 4 is 22.8 Å². The summed E-state index contributed by atoms with van der Waals surface area (Å²) in [6, 6.07) is 8.29. The van der Waals surface area contributed by atoms with Crippen molar-refractivity contribution in [2.75, 3.05) is 25.0 Å². The van der Waals surface area contributed by atoms with Crippen LogP contribution in [-0.2, 0) is 13.1 Å². The lowest BCUT2D eigenvalue weighted by Crippen LogP contribution is -2.47. The molecule has 1 saturated heterocycles. The van der Waals surface area contributed by atoms with Crippen LogP contribution < -0.4 is 16.2 Å². The molecule has 0 radical (unpaired) electrons. The first-order valence-corrected chi connectivity index (χ1v) is 13.0. The quantitative estimate of drug-likeness (QED) is 0.346. The van der Waals surface area contributed by atoms with E-state index in [1.54, 1.807) is 24.4 Å². The molecule has 1 aliphatic heterocycles. The average Bonchev–Trinajstić information content (AvgIpc) is 2.95. The largest absolute Gasteiger partial charge is 0.363 e. The first-order valence-electron chi connectivity index (χ1n) is 13.0. The van der Waals surface area contributed by atoms with Gasteiger partial charge >= 0.3 is 0 Å². The van der Waals surface area contributed by atoms with Gasteiger partial charge in [0.2, 0.25) is 0 Å². The summed E-state index contributed by atoms with van der Waals surface area (Å²) >= 11 is 0. The average molecular weight is 552 g/mol. The van der Waals surface area contributed by atoms with Gasteiger partial charge in [0.15, 0.2) is 11.6 Å². The topological polar surface area (TPSA) is 105 Å². The Morgan fingerprint density at radius 2 is 1.90 bits per heavy atom. The molecule has 0 unspecified atom stereocenters. The number of hydrogen-bond donors (Lipinski definition) is 2. The molecule has 40 heavy (non-hydrogen) atoms. The van der Waals surface area contributed by atoms with Crippen LogP contribution in [0.5, 0.6) is 0 Å². The monoisotopic (exact) mass is 551 g/mol. The van der Waals surface area contributed by atoms with Crippen molar-refractivity contribution in [2.24, 2.45) is 0 Å². The number of amides is 1. The van der Waals surface area contributed by atoms with Crippen LogP contribution in [0.2, 0.25) is 0 Å². The van der Waals surface area contributed by atoms with Gasteiger partial charge in [-0.15, -0.1) is 0 Å². The SMILES string of the molecule is CCN1CC[C@@H](Nc2cnc3ccc(CNC(=O)c4cncn(Cc5ccc(F)c(F)c5)c4=O)cc3n2)[C@@H](F)C1. The molecule has 12 heteroatoms. The Kier molecular flexibility index (Phi) is 8.06. The van der Waals surface area contributed by atoms with Crippen LogP contribution in [0.1, 0.15) is 34.8 Å². The predicted molar refractivity (Wildman–Crippen MR) is 144 cm³/mol. The summed E-state index contributed by atoms with van der Waals surface area (Å²) in [5.74, 6) is -2.18. The van der Waals surface area contributed by atoms with Crippen LogP contribution in [0, 0.1) is 11.6 Å². The van der Waals surface area contributed by atoms with Crippen LogP contribution >= 0.6 is 0 Å². The first-order chi connectivity index (χ1) is 19.3. The van der Waals surface area contributed by atoms with Crippen molar-refractivity contribution in [3.63, 3.8) is 0 Å². The highest BCUT2D eigenvalue weighted by molar-refractivity contribution is 5.93. The molecule has 1 amide bonds. The molecule has 2 atom stereocenters. The molecule has 2 N–H and O–H groups in total. The fourth-order valence-electron chi connectivity index (χ4n) is 4.68. The number of alkyl halides is 1. The Bertz CT molecular complexity index is 1600. The minimum absolute atomic E-state index is 0.0786. The first kappa shape index (κ1) is 27.3. The molecule has 3 heterocycles. The van der Waals surface area contributed by atoms with Crippen molar-refractivity contribution in [2.45, 2.75) is 38.6 Å². The number of fused-ring (bicyclic) bond motifs is 1. The highest BCUT2D eigenvalue weighted by Gasteiger charge is 2.28. The van der Waals surface area contributed by atoms with Gasteiger partial charge in [-0.2, -0.15) is 0 Å². The summed E-state index contributed by atoms with van der Waals surface area (Å²) in [5, 5.41) is 5.87. The van der Waals surface area contributed by atoms with Gasteiger partial charge in [0, 0.05) is 25.8 Å². The lowest BCUT2D eigenvalue weighted by Gasteiger charge is -2.34. The Balaban J connectivity index is 1.25. The van der Waals surface area contributed by atoms with Crippen LogP contribution in [0.15, 0.2) is 59.9 Å². The van der Waals surface area contributed by atoms with Gasteiger partial charge in [0.1, 0.15) is 17.6 Å². The second-order valence-electron chi connectivity index (χ2n) is 9.70. The van der Waals surface area contributed by atoms with Gasteiger partial charge in [-0.25, -0.2) is 23.1 Å². The lowest BCUT2D eigenvalue weighted by molar-refractivity contribution is 0.0948. The summed E-state index contributed by atoms with van der Waals surface area (Å²) in [7, 11) is 0. The number of hydrogen-bond acceptors (Lipinski definition) is 7. The molecule has 1 aliphatic rings. The third kappa shape index (κ3) is 6.12. The molecule has 0 aliphatic carbocycles. The molecule has 0 spiro atoms. The number of benzene rings is 2. The third-order valence-corrected chi connectivity index (χ3v) is 6.95. The highest BCUT2D eigenvalue weighted by Crippen LogP contribution is 2.20. The number of carbonyl (C=O) groups excluding carboxylic acids is 1. The number of nitrogens with one attached hydrogen (secondary N) is 2. The van der Waals surface area contributed by atoms with Crippen molar-refractivity contribution in [1.29, 1.82) is 0 Å². The van der Waals surface area contributed by atoms with Gasteiger partial charge in [-0.1, -0.05) is 19.1 Å². The number of likely N-dealkylation sites (tertiary alicyclic amines) is 1. The number of piperidine rings is 1. The Morgan fingerprint density at radius 3 is 2.67 bits per heavy atom.